The Morgan fingerprint density at radius 1 is 1.38 bits per heavy atom. The zero-order chi connectivity index (χ0) is 11.9. The molecule has 0 bridgehead atoms. The Bertz CT molecular complexity index is 414. The fourth-order valence-corrected chi connectivity index (χ4v) is 9.67. The predicted octanol–water partition coefficient (Wildman–Crippen LogP) is 1.76. The third-order valence-corrected chi connectivity index (χ3v) is 11.0. The molecular weight excluding hydrogens is 330 g/mol. The molecule has 2 aliphatic heterocycles. The van der Waals surface area contributed by atoms with Crippen LogP contribution < -0.4 is 0 Å². The van der Waals surface area contributed by atoms with Gasteiger partial charge in [0.25, 0.3) is 4.38 Å². The van der Waals surface area contributed by atoms with E-state index in [9.17, 15) is 8.42 Å². The zero-order valence-electron chi connectivity index (χ0n) is 9.22. The van der Waals surface area contributed by atoms with Crippen LogP contribution in [0.15, 0.2) is 0 Å². The largest absolute Gasteiger partial charge is 0.270 e. The lowest BCUT2D eigenvalue weighted by molar-refractivity contribution is -0.515. The van der Waals surface area contributed by atoms with E-state index < -0.39 is 9.84 Å². The first-order valence-electron chi connectivity index (χ1n) is 5.30. The number of halogens is 1. The lowest BCUT2D eigenvalue weighted by atomic mass is 10.4. The third-order valence-electron chi connectivity index (χ3n) is 2.88. The van der Waals surface area contributed by atoms with Crippen LogP contribution in [-0.4, -0.2) is 50.9 Å². The predicted molar refractivity (Wildman–Crippen MR) is 75.6 cm³/mol. The summed E-state index contributed by atoms with van der Waals surface area (Å²) in [7, 11) is -2.90. The molecule has 3 atom stereocenters. The van der Waals surface area contributed by atoms with Gasteiger partial charge in [-0.1, -0.05) is 15.9 Å². The molecule has 2 rings (SSSR count). The van der Waals surface area contributed by atoms with E-state index in [0.717, 1.165) is 13.1 Å². The van der Waals surface area contributed by atoms with Crippen LogP contribution in [0.5, 0.6) is 0 Å². The number of rotatable bonds is 2. The Morgan fingerprint density at radius 2 is 2.00 bits per heavy atom. The molecule has 0 spiro atoms. The monoisotopic (exact) mass is 344 g/mol. The zero-order valence-corrected chi connectivity index (χ0v) is 13.3. The van der Waals surface area contributed by atoms with E-state index in [1.165, 1.54) is 4.38 Å². The van der Waals surface area contributed by atoms with Crippen LogP contribution in [0.1, 0.15) is 13.8 Å². The van der Waals surface area contributed by atoms with Crippen molar-refractivity contribution in [2.75, 3.05) is 18.8 Å². The second kappa shape index (κ2) is 4.82. The van der Waals surface area contributed by atoms with Gasteiger partial charge in [0.05, 0.1) is 11.0 Å². The number of fused-ring (bicyclic) bond motifs is 1. The second-order valence-corrected chi connectivity index (χ2v) is 10.3. The molecular formula is C9H15BrNO2S3+. The van der Waals surface area contributed by atoms with Gasteiger partial charge in [0.15, 0.2) is 9.84 Å². The molecule has 0 aromatic carbocycles. The van der Waals surface area contributed by atoms with E-state index in [1.54, 1.807) is 23.5 Å². The first kappa shape index (κ1) is 13.2. The maximum atomic E-state index is 11.7. The summed E-state index contributed by atoms with van der Waals surface area (Å²) in [4.78, 5) is 0. The SMILES string of the molecule is CC[N+](CC)=C1S[C@@H]2[C@H](CS(=O)(=O)[C@H]2Br)S1. The van der Waals surface area contributed by atoms with Crippen molar-refractivity contribution in [3.8, 4) is 0 Å². The molecule has 16 heavy (non-hydrogen) atoms. The lowest BCUT2D eigenvalue weighted by Crippen LogP contribution is -2.19. The van der Waals surface area contributed by atoms with Gasteiger partial charge in [0.2, 0.25) is 0 Å². The smallest absolute Gasteiger partial charge is 0.228 e. The van der Waals surface area contributed by atoms with E-state index in [4.69, 9.17) is 0 Å². The highest BCUT2D eigenvalue weighted by atomic mass is 79.9. The highest BCUT2D eigenvalue weighted by Gasteiger charge is 2.53. The van der Waals surface area contributed by atoms with Gasteiger partial charge in [-0.2, -0.15) is 0 Å². The van der Waals surface area contributed by atoms with Crippen molar-refractivity contribution in [1.29, 1.82) is 0 Å². The fraction of sp³-hybridized carbons (Fsp3) is 0.889. The Morgan fingerprint density at radius 3 is 2.50 bits per heavy atom. The summed E-state index contributed by atoms with van der Waals surface area (Å²) in [5.74, 6) is 0.315. The molecule has 2 fully saturated rings. The second-order valence-electron chi connectivity index (χ2n) is 3.86. The molecule has 3 nitrogen and oxygen atoms in total. The van der Waals surface area contributed by atoms with Crippen molar-refractivity contribution in [1.82, 2.24) is 0 Å². The molecule has 0 aliphatic carbocycles. The number of alkyl halides is 1. The Hall–Kier alpha value is 0.800. The van der Waals surface area contributed by atoms with Crippen molar-refractivity contribution in [2.45, 2.75) is 28.5 Å². The van der Waals surface area contributed by atoms with Crippen LogP contribution in [0.2, 0.25) is 0 Å². The van der Waals surface area contributed by atoms with Gasteiger partial charge in [-0.05, 0) is 37.4 Å². The van der Waals surface area contributed by atoms with E-state index in [-0.39, 0.29) is 14.7 Å². The van der Waals surface area contributed by atoms with E-state index in [2.05, 4.69) is 34.4 Å². The molecule has 0 unspecified atom stereocenters. The molecule has 0 aromatic rings. The normalized spacial score (nSPS) is 36.4. The summed E-state index contributed by atoms with van der Waals surface area (Å²) in [6.07, 6.45) is 0. The number of hydrogen-bond acceptors (Lipinski definition) is 4. The molecule has 2 heterocycles. The maximum Gasteiger partial charge on any atom is 0.270 e. The molecule has 0 radical (unpaired) electrons. The minimum absolute atomic E-state index is 0.186. The molecule has 2 aliphatic rings. The standard InChI is InChI=1S/C9H15BrNO2S3/c1-3-11(4-2)9-14-6-5-16(12,13)8(10)7(6)15-9/h6-8H,3-5H2,1-2H3/q+1/t6-,7+,8+/m0/s1. The fourth-order valence-electron chi connectivity index (χ4n) is 1.92. The van der Waals surface area contributed by atoms with Crippen molar-refractivity contribution in [3.05, 3.63) is 0 Å². The first-order valence-corrected chi connectivity index (χ1v) is 9.69. The minimum atomic E-state index is -2.90. The molecule has 7 heteroatoms. The summed E-state index contributed by atoms with van der Waals surface area (Å²) < 4.78 is 26.6. The summed E-state index contributed by atoms with van der Waals surface area (Å²) in [5, 5.41) is 0.417. The Balaban J connectivity index is 2.22. The van der Waals surface area contributed by atoms with Gasteiger partial charge in [0, 0.05) is 5.25 Å². The summed E-state index contributed by atoms with van der Waals surface area (Å²) in [6.45, 7) is 6.25. The molecule has 0 N–H and O–H groups in total. The average molecular weight is 345 g/mol. The van der Waals surface area contributed by atoms with Crippen molar-refractivity contribution < 1.29 is 13.0 Å². The van der Waals surface area contributed by atoms with Gasteiger partial charge in [-0.3, -0.25) is 0 Å². The van der Waals surface area contributed by atoms with Crippen LogP contribution in [0.4, 0.5) is 0 Å². The molecule has 0 saturated carbocycles. The Labute approximate surface area is 113 Å². The highest BCUT2D eigenvalue weighted by Crippen LogP contribution is 2.49. The van der Waals surface area contributed by atoms with E-state index in [0.29, 0.717) is 5.75 Å². The van der Waals surface area contributed by atoms with Crippen LogP contribution in [-0.2, 0) is 9.84 Å². The highest BCUT2D eigenvalue weighted by molar-refractivity contribution is 9.11. The quantitative estimate of drug-likeness (QED) is 0.565. The number of hydrogen-bond donors (Lipinski definition) is 0. The van der Waals surface area contributed by atoms with Gasteiger partial charge in [-0.15, -0.1) is 0 Å². The number of nitrogens with zero attached hydrogens (tertiary/aromatic N) is 1. The minimum Gasteiger partial charge on any atom is -0.228 e. The van der Waals surface area contributed by atoms with Crippen LogP contribution in [0.25, 0.3) is 0 Å². The lowest BCUT2D eigenvalue weighted by Gasteiger charge is -2.06. The van der Waals surface area contributed by atoms with Crippen LogP contribution in [0.3, 0.4) is 0 Å². The number of sulfone groups is 1. The van der Waals surface area contributed by atoms with Crippen molar-refractivity contribution >= 4 is 53.7 Å². The molecule has 2 saturated heterocycles. The molecule has 92 valence electrons. The van der Waals surface area contributed by atoms with Crippen LogP contribution in [0, 0.1) is 0 Å². The summed E-state index contributed by atoms with van der Waals surface area (Å²) >= 11 is 6.80. The van der Waals surface area contributed by atoms with E-state index in [1.807, 2.05) is 0 Å². The number of thioether (sulfide) groups is 2. The first-order chi connectivity index (χ1) is 7.49. The molecule has 0 aromatic heterocycles. The average Bonchev–Trinajstić information content (AvgIpc) is 2.69. The Kier molecular flexibility index (Phi) is 3.99. The maximum absolute atomic E-state index is 11.7. The van der Waals surface area contributed by atoms with Gasteiger partial charge < -0.3 is 0 Å². The van der Waals surface area contributed by atoms with Gasteiger partial charge in [-0.25, -0.2) is 13.0 Å². The summed E-state index contributed by atoms with van der Waals surface area (Å²) in [5.41, 5.74) is 0. The molecule has 0 amide bonds. The van der Waals surface area contributed by atoms with Crippen molar-refractivity contribution in [2.24, 2.45) is 0 Å². The van der Waals surface area contributed by atoms with E-state index >= 15 is 0 Å². The topological polar surface area (TPSA) is 37.1 Å². The third kappa shape index (κ3) is 2.20. The van der Waals surface area contributed by atoms with Gasteiger partial charge in [0.1, 0.15) is 17.2 Å². The van der Waals surface area contributed by atoms with Gasteiger partial charge >= 0.3 is 0 Å². The summed E-state index contributed by atoms with van der Waals surface area (Å²) in [6, 6.07) is 0. The van der Waals surface area contributed by atoms with Crippen molar-refractivity contribution in [3.63, 3.8) is 0 Å². The van der Waals surface area contributed by atoms with Crippen LogP contribution >= 0.6 is 39.5 Å².